The molecule has 18 heavy (non-hydrogen) atoms. The molecule has 6 nitrogen and oxygen atoms in total. The fraction of sp³-hybridized carbons (Fsp3) is 0. The van der Waals surface area contributed by atoms with Crippen molar-refractivity contribution in [2.75, 3.05) is 0 Å². The van der Waals surface area contributed by atoms with E-state index in [1.165, 1.54) is 0 Å². The van der Waals surface area contributed by atoms with Crippen molar-refractivity contribution in [1.29, 1.82) is 0 Å². The van der Waals surface area contributed by atoms with E-state index >= 15 is 0 Å². The number of hydrogen-bond donors (Lipinski definition) is 0. The lowest BCUT2D eigenvalue weighted by Gasteiger charge is -2.05. The van der Waals surface area contributed by atoms with E-state index in [9.17, 15) is 25.3 Å². The maximum absolute atomic E-state index is 11.2. The molecule has 0 bridgehead atoms. The van der Waals surface area contributed by atoms with E-state index in [-0.39, 0.29) is 0 Å². The highest BCUT2D eigenvalue weighted by atomic mass is 35.7. The van der Waals surface area contributed by atoms with Gasteiger partial charge >= 0.3 is 0 Å². The van der Waals surface area contributed by atoms with Gasteiger partial charge in [0.25, 0.3) is 27.2 Å². The maximum atomic E-state index is 11.2. The van der Waals surface area contributed by atoms with Crippen molar-refractivity contribution in [2.24, 2.45) is 0 Å². The molecule has 0 aliphatic heterocycles. The van der Waals surface area contributed by atoms with Crippen LogP contribution in [-0.2, 0) is 27.2 Å². The summed E-state index contributed by atoms with van der Waals surface area (Å²) in [7, 11) is 1.85. The Morgan fingerprint density at radius 1 is 0.667 bits per heavy atom. The normalized spacial score (nSPS) is 13.5. The van der Waals surface area contributed by atoms with Crippen molar-refractivity contribution < 1.29 is 25.3 Å². The Hall–Kier alpha value is -0.0600. The van der Waals surface area contributed by atoms with Gasteiger partial charge in [0.05, 0.1) is 4.90 Å². The second kappa shape index (κ2) is 4.80. The average molecular weight is 374 g/mol. The molecule has 0 aromatic heterocycles. The minimum Gasteiger partial charge on any atom is -0.207 e. The van der Waals surface area contributed by atoms with E-state index < -0.39 is 41.8 Å². The highest BCUT2D eigenvalue weighted by molar-refractivity contribution is 8.16. The first kappa shape index (κ1) is 16.0. The molecule has 102 valence electrons. The number of benzene rings is 1. The zero-order chi connectivity index (χ0) is 14.4. The summed E-state index contributed by atoms with van der Waals surface area (Å²) in [6, 6.07) is 2.00. The Morgan fingerprint density at radius 2 is 1.11 bits per heavy atom. The van der Waals surface area contributed by atoms with Crippen molar-refractivity contribution in [3.05, 3.63) is 18.2 Å². The molecule has 0 N–H and O–H groups in total. The van der Waals surface area contributed by atoms with Crippen LogP contribution in [0.4, 0.5) is 0 Å². The Morgan fingerprint density at radius 3 is 1.44 bits per heavy atom. The van der Waals surface area contributed by atoms with E-state index in [2.05, 4.69) is 0 Å². The third-order valence-electron chi connectivity index (χ3n) is 1.72. The molecule has 0 atom stereocenters. The van der Waals surface area contributed by atoms with Gasteiger partial charge in [0, 0.05) is 32.0 Å². The largest absolute Gasteiger partial charge is 0.262 e. The fourth-order valence-corrected chi connectivity index (χ4v) is 4.71. The number of rotatable bonds is 3. The van der Waals surface area contributed by atoms with Crippen molar-refractivity contribution in [3.63, 3.8) is 0 Å². The molecule has 0 aliphatic rings. The van der Waals surface area contributed by atoms with E-state index in [0.717, 1.165) is 6.07 Å². The summed E-state index contributed by atoms with van der Waals surface area (Å²) in [5.74, 6) is 0. The molecule has 1 rings (SSSR count). The summed E-state index contributed by atoms with van der Waals surface area (Å²) in [4.78, 5) is -2.41. The first-order chi connectivity index (χ1) is 7.83. The molecule has 0 aliphatic carbocycles. The lowest BCUT2D eigenvalue weighted by molar-refractivity contribution is 0.595. The van der Waals surface area contributed by atoms with E-state index in [4.69, 9.17) is 32.0 Å². The lowest BCUT2D eigenvalue weighted by Crippen LogP contribution is -2.03. The van der Waals surface area contributed by atoms with E-state index in [0.29, 0.717) is 12.1 Å². The quantitative estimate of drug-likeness (QED) is 0.743. The van der Waals surface area contributed by atoms with Crippen molar-refractivity contribution in [1.82, 2.24) is 0 Å². The van der Waals surface area contributed by atoms with Gasteiger partial charge in [-0.1, -0.05) is 0 Å². The Labute approximate surface area is 117 Å². The Bertz CT molecular complexity index is 793. The molecule has 12 heteroatoms. The molecular formula is C6H3Cl3O6S3. The molecule has 1 aromatic carbocycles. The SMILES string of the molecule is O=S(=O)(Cl)c1ccc(S(=O)(=O)Cl)c(S(=O)(=O)Cl)c1. The van der Waals surface area contributed by atoms with Crippen LogP contribution >= 0.6 is 32.0 Å². The van der Waals surface area contributed by atoms with Crippen LogP contribution in [-0.4, -0.2) is 25.3 Å². The fourth-order valence-electron chi connectivity index (χ4n) is 1.03. The highest BCUT2D eigenvalue weighted by Gasteiger charge is 2.26. The van der Waals surface area contributed by atoms with Crippen LogP contribution in [0.25, 0.3) is 0 Å². The predicted octanol–water partition coefficient (Wildman–Crippen LogP) is 1.47. The monoisotopic (exact) mass is 372 g/mol. The first-order valence-corrected chi connectivity index (χ1v) is 10.7. The Balaban J connectivity index is 3.83. The molecule has 0 spiro atoms. The van der Waals surface area contributed by atoms with Gasteiger partial charge in [-0.3, -0.25) is 0 Å². The number of hydrogen-bond acceptors (Lipinski definition) is 6. The summed E-state index contributed by atoms with van der Waals surface area (Å²) < 4.78 is 66.6. The van der Waals surface area contributed by atoms with Gasteiger partial charge in [-0.05, 0) is 18.2 Å². The van der Waals surface area contributed by atoms with Gasteiger partial charge in [0.15, 0.2) is 0 Å². The first-order valence-electron chi connectivity index (χ1n) is 3.81. The minimum atomic E-state index is -4.51. The van der Waals surface area contributed by atoms with E-state index in [1.54, 1.807) is 0 Å². The maximum Gasteiger partial charge on any atom is 0.262 e. The molecule has 0 amide bonds. The van der Waals surface area contributed by atoms with Gasteiger partial charge in [-0.2, -0.15) is 0 Å². The molecule has 0 saturated heterocycles. The molecular weight excluding hydrogens is 371 g/mol. The molecule has 0 heterocycles. The smallest absolute Gasteiger partial charge is 0.207 e. The van der Waals surface area contributed by atoms with Crippen LogP contribution in [0.2, 0.25) is 0 Å². The van der Waals surface area contributed by atoms with Crippen LogP contribution in [0.1, 0.15) is 0 Å². The molecule has 0 radical (unpaired) electrons. The summed E-state index contributed by atoms with van der Waals surface area (Å²) in [5.41, 5.74) is 0. The average Bonchev–Trinajstić information content (AvgIpc) is 2.12. The van der Waals surface area contributed by atoms with Crippen LogP contribution in [0.5, 0.6) is 0 Å². The second-order valence-electron chi connectivity index (χ2n) is 2.92. The second-order valence-corrected chi connectivity index (χ2v) is 10.6. The van der Waals surface area contributed by atoms with E-state index in [1.807, 2.05) is 0 Å². The van der Waals surface area contributed by atoms with Gasteiger partial charge in [-0.25, -0.2) is 25.3 Å². The summed E-state index contributed by atoms with van der Waals surface area (Å²) in [6.45, 7) is 0. The predicted molar refractivity (Wildman–Crippen MR) is 65.6 cm³/mol. The molecule has 0 unspecified atom stereocenters. The van der Waals surface area contributed by atoms with Crippen LogP contribution in [0.3, 0.4) is 0 Å². The zero-order valence-electron chi connectivity index (χ0n) is 8.04. The van der Waals surface area contributed by atoms with Gasteiger partial charge in [0.1, 0.15) is 9.79 Å². The zero-order valence-corrected chi connectivity index (χ0v) is 12.8. The lowest BCUT2D eigenvalue weighted by atomic mass is 10.4. The third-order valence-corrected chi connectivity index (χ3v) is 5.94. The van der Waals surface area contributed by atoms with Crippen LogP contribution in [0.15, 0.2) is 32.9 Å². The summed E-state index contributed by atoms with van der Waals surface area (Å²) in [5, 5.41) is 0. The minimum absolute atomic E-state index is 0.514. The molecule has 0 fully saturated rings. The topological polar surface area (TPSA) is 102 Å². The highest BCUT2D eigenvalue weighted by Crippen LogP contribution is 2.30. The standard InChI is InChI=1S/C6H3Cl3O6S3/c7-16(10,11)4-1-2-5(17(8,12)13)6(3-4)18(9,14)15/h1-3H. The Kier molecular flexibility index (Phi) is 4.27. The van der Waals surface area contributed by atoms with Gasteiger partial charge in [0.2, 0.25) is 0 Å². The van der Waals surface area contributed by atoms with Crippen LogP contribution in [0, 0.1) is 0 Å². The van der Waals surface area contributed by atoms with Gasteiger partial charge in [-0.15, -0.1) is 0 Å². The van der Waals surface area contributed by atoms with Crippen molar-refractivity contribution in [2.45, 2.75) is 14.7 Å². The van der Waals surface area contributed by atoms with Crippen LogP contribution < -0.4 is 0 Å². The summed E-state index contributed by atoms with van der Waals surface area (Å²) >= 11 is 0. The third kappa shape index (κ3) is 3.72. The van der Waals surface area contributed by atoms with Crippen molar-refractivity contribution >= 4 is 59.2 Å². The summed E-state index contributed by atoms with van der Waals surface area (Å²) in [6.07, 6.45) is 0. The number of halogens is 3. The molecule has 1 aromatic rings. The van der Waals surface area contributed by atoms with Crippen molar-refractivity contribution in [3.8, 4) is 0 Å². The molecule has 0 saturated carbocycles. The van der Waals surface area contributed by atoms with Gasteiger partial charge < -0.3 is 0 Å².